The average Bonchev–Trinajstić information content (AvgIpc) is 2.37. The van der Waals surface area contributed by atoms with Crippen LogP contribution in [0, 0.1) is 11.3 Å². The lowest BCUT2D eigenvalue weighted by molar-refractivity contribution is -0.157. The summed E-state index contributed by atoms with van der Waals surface area (Å²) >= 11 is 0. The molecule has 0 aromatic heterocycles. The van der Waals surface area contributed by atoms with E-state index in [1.807, 2.05) is 0 Å². The molecular formula is C16H31NO. The van der Waals surface area contributed by atoms with Gasteiger partial charge in [-0.1, -0.05) is 40.0 Å². The Bertz CT molecular complexity index is 245. The standard InChI is InChI=1S/C16H31NO/c1-4-10-17-14-11-15(18-12-13(2)3)16(14)8-6-5-7-9-16/h13-15,17H,4-12H2,1-3H3. The Morgan fingerprint density at radius 3 is 2.56 bits per heavy atom. The third kappa shape index (κ3) is 2.91. The minimum absolute atomic E-state index is 0.488. The van der Waals surface area contributed by atoms with Gasteiger partial charge in [-0.25, -0.2) is 0 Å². The highest BCUT2D eigenvalue weighted by Crippen LogP contribution is 2.53. The van der Waals surface area contributed by atoms with Crippen molar-refractivity contribution in [2.24, 2.45) is 11.3 Å². The zero-order valence-corrected chi connectivity index (χ0v) is 12.5. The molecule has 0 radical (unpaired) electrons. The molecule has 0 saturated heterocycles. The molecule has 2 rings (SSSR count). The van der Waals surface area contributed by atoms with Gasteiger partial charge in [-0.15, -0.1) is 0 Å². The second-order valence-electron chi connectivity index (χ2n) is 6.75. The summed E-state index contributed by atoms with van der Waals surface area (Å²) in [7, 11) is 0. The number of hydrogen-bond acceptors (Lipinski definition) is 2. The molecule has 106 valence electrons. The zero-order chi connectivity index (χ0) is 13.0. The highest BCUT2D eigenvalue weighted by molar-refractivity contribution is 5.08. The van der Waals surface area contributed by atoms with E-state index < -0.39 is 0 Å². The van der Waals surface area contributed by atoms with Crippen molar-refractivity contribution in [1.29, 1.82) is 0 Å². The predicted octanol–water partition coefficient (Wildman–Crippen LogP) is 3.75. The van der Waals surface area contributed by atoms with E-state index in [2.05, 4.69) is 26.1 Å². The number of hydrogen-bond donors (Lipinski definition) is 1. The van der Waals surface area contributed by atoms with Gasteiger partial charge in [-0.2, -0.15) is 0 Å². The Hall–Kier alpha value is -0.0800. The van der Waals surface area contributed by atoms with Crippen LogP contribution in [0.15, 0.2) is 0 Å². The first-order chi connectivity index (χ1) is 8.69. The lowest BCUT2D eigenvalue weighted by atomic mass is 9.55. The lowest BCUT2D eigenvalue weighted by Gasteiger charge is -2.58. The molecule has 0 bridgehead atoms. The fourth-order valence-corrected chi connectivity index (χ4v) is 3.78. The highest BCUT2D eigenvalue weighted by atomic mass is 16.5. The maximum absolute atomic E-state index is 6.20. The molecule has 2 saturated carbocycles. The highest BCUT2D eigenvalue weighted by Gasteiger charge is 2.55. The van der Waals surface area contributed by atoms with Crippen LogP contribution in [0.2, 0.25) is 0 Å². The molecular weight excluding hydrogens is 222 g/mol. The van der Waals surface area contributed by atoms with Gasteiger partial charge in [0.05, 0.1) is 6.10 Å². The smallest absolute Gasteiger partial charge is 0.0661 e. The molecule has 0 heterocycles. The van der Waals surface area contributed by atoms with Gasteiger partial charge in [0.1, 0.15) is 0 Å². The lowest BCUT2D eigenvalue weighted by Crippen LogP contribution is -2.64. The molecule has 0 aliphatic heterocycles. The Balaban J connectivity index is 1.91. The number of rotatable bonds is 6. The van der Waals surface area contributed by atoms with Crippen LogP contribution in [0.4, 0.5) is 0 Å². The van der Waals surface area contributed by atoms with E-state index in [0.29, 0.717) is 17.4 Å². The monoisotopic (exact) mass is 253 g/mol. The van der Waals surface area contributed by atoms with Crippen molar-refractivity contribution in [2.75, 3.05) is 13.2 Å². The maximum Gasteiger partial charge on any atom is 0.0661 e. The van der Waals surface area contributed by atoms with Crippen LogP contribution >= 0.6 is 0 Å². The van der Waals surface area contributed by atoms with Crippen LogP contribution in [0.5, 0.6) is 0 Å². The minimum Gasteiger partial charge on any atom is -0.377 e. The van der Waals surface area contributed by atoms with Crippen LogP contribution in [0.25, 0.3) is 0 Å². The topological polar surface area (TPSA) is 21.3 Å². The fourth-order valence-electron chi connectivity index (χ4n) is 3.78. The maximum atomic E-state index is 6.20. The Labute approximate surface area is 113 Å². The molecule has 2 unspecified atom stereocenters. The molecule has 0 amide bonds. The van der Waals surface area contributed by atoms with E-state index in [1.165, 1.54) is 51.5 Å². The largest absolute Gasteiger partial charge is 0.377 e. The van der Waals surface area contributed by atoms with E-state index in [0.717, 1.165) is 12.6 Å². The normalized spacial score (nSPS) is 30.7. The number of nitrogens with one attached hydrogen (secondary N) is 1. The summed E-state index contributed by atoms with van der Waals surface area (Å²) in [5.74, 6) is 0.660. The van der Waals surface area contributed by atoms with E-state index in [1.54, 1.807) is 0 Å². The zero-order valence-electron chi connectivity index (χ0n) is 12.5. The third-order valence-electron chi connectivity index (χ3n) is 4.84. The molecule has 1 N–H and O–H groups in total. The Morgan fingerprint density at radius 2 is 1.94 bits per heavy atom. The van der Waals surface area contributed by atoms with Crippen molar-refractivity contribution in [3.8, 4) is 0 Å². The molecule has 2 aliphatic rings. The minimum atomic E-state index is 0.488. The summed E-state index contributed by atoms with van der Waals surface area (Å²) in [5, 5.41) is 3.77. The second-order valence-corrected chi connectivity index (χ2v) is 6.75. The van der Waals surface area contributed by atoms with Gasteiger partial charge in [0, 0.05) is 18.1 Å². The first-order valence-electron chi connectivity index (χ1n) is 8.04. The SMILES string of the molecule is CCCNC1CC(OCC(C)C)C12CCCCC2. The van der Waals surface area contributed by atoms with Crippen molar-refractivity contribution in [2.45, 2.75) is 77.9 Å². The van der Waals surface area contributed by atoms with Crippen LogP contribution in [0.1, 0.15) is 65.7 Å². The summed E-state index contributed by atoms with van der Waals surface area (Å²) in [6.07, 6.45) is 10.0. The van der Waals surface area contributed by atoms with Crippen LogP contribution in [-0.4, -0.2) is 25.3 Å². The summed E-state index contributed by atoms with van der Waals surface area (Å²) in [5.41, 5.74) is 0.488. The molecule has 2 aliphatic carbocycles. The van der Waals surface area contributed by atoms with Crippen molar-refractivity contribution >= 4 is 0 Å². The Kier molecular flexibility index (Phi) is 5.08. The summed E-state index contributed by atoms with van der Waals surface area (Å²) < 4.78 is 6.20. The summed E-state index contributed by atoms with van der Waals surface area (Å²) in [4.78, 5) is 0. The molecule has 18 heavy (non-hydrogen) atoms. The first kappa shape index (κ1) is 14.3. The van der Waals surface area contributed by atoms with Gasteiger partial charge in [0.2, 0.25) is 0 Å². The predicted molar refractivity (Wildman–Crippen MR) is 76.8 cm³/mol. The van der Waals surface area contributed by atoms with E-state index >= 15 is 0 Å². The van der Waals surface area contributed by atoms with Crippen LogP contribution in [-0.2, 0) is 4.74 Å². The van der Waals surface area contributed by atoms with Gasteiger partial charge >= 0.3 is 0 Å². The van der Waals surface area contributed by atoms with Crippen LogP contribution < -0.4 is 5.32 Å². The molecule has 1 spiro atoms. The van der Waals surface area contributed by atoms with E-state index in [4.69, 9.17) is 4.74 Å². The number of ether oxygens (including phenoxy) is 1. The first-order valence-corrected chi connectivity index (χ1v) is 8.04. The molecule has 2 atom stereocenters. The van der Waals surface area contributed by atoms with Crippen LogP contribution in [0.3, 0.4) is 0 Å². The fraction of sp³-hybridized carbons (Fsp3) is 1.00. The van der Waals surface area contributed by atoms with E-state index in [9.17, 15) is 0 Å². The Morgan fingerprint density at radius 1 is 1.22 bits per heavy atom. The van der Waals surface area contributed by atoms with Gasteiger partial charge in [-0.05, 0) is 38.1 Å². The van der Waals surface area contributed by atoms with Gasteiger partial charge < -0.3 is 10.1 Å². The van der Waals surface area contributed by atoms with Gasteiger partial charge in [0.25, 0.3) is 0 Å². The summed E-state index contributed by atoms with van der Waals surface area (Å²) in [6.45, 7) is 8.86. The van der Waals surface area contributed by atoms with Crippen molar-refractivity contribution in [3.63, 3.8) is 0 Å². The van der Waals surface area contributed by atoms with Crippen molar-refractivity contribution < 1.29 is 4.74 Å². The van der Waals surface area contributed by atoms with E-state index in [-0.39, 0.29) is 0 Å². The third-order valence-corrected chi connectivity index (χ3v) is 4.84. The summed E-state index contributed by atoms with van der Waals surface area (Å²) in [6, 6.07) is 0.731. The molecule has 2 heteroatoms. The average molecular weight is 253 g/mol. The quantitative estimate of drug-likeness (QED) is 0.778. The van der Waals surface area contributed by atoms with Crippen molar-refractivity contribution in [3.05, 3.63) is 0 Å². The second kappa shape index (κ2) is 6.38. The van der Waals surface area contributed by atoms with Gasteiger partial charge in [-0.3, -0.25) is 0 Å². The van der Waals surface area contributed by atoms with Gasteiger partial charge in [0.15, 0.2) is 0 Å². The molecule has 2 fully saturated rings. The molecule has 0 aromatic carbocycles. The van der Waals surface area contributed by atoms with Crippen molar-refractivity contribution in [1.82, 2.24) is 5.32 Å². The molecule has 0 aromatic rings. The molecule has 2 nitrogen and oxygen atoms in total.